The van der Waals surface area contributed by atoms with E-state index in [1.807, 2.05) is 0 Å². The molecule has 18 heavy (non-hydrogen) atoms. The van der Waals surface area contributed by atoms with E-state index in [1.165, 1.54) is 6.07 Å². The van der Waals surface area contributed by atoms with Crippen LogP contribution in [-0.4, -0.2) is 29.9 Å². The third kappa shape index (κ3) is 2.51. The van der Waals surface area contributed by atoms with Gasteiger partial charge in [0.2, 0.25) is 5.91 Å². The molecule has 1 saturated heterocycles. The molecule has 0 saturated carbocycles. The molecule has 98 valence electrons. The van der Waals surface area contributed by atoms with Crippen molar-refractivity contribution in [2.45, 2.75) is 25.3 Å². The smallest absolute Gasteiger partial charge is 0.227 e. The van der Waals surface area contributed by atoms with Crippen LogP contribution in [0.1, 0.15) is 18.4 Å². The summed E-state index contributed by atoms with van der Waals surface area (Å²) in [6, 6.07) is 3.62. The molecule has 3 nitrogen and oxygen atoms in total. The summed E-state index contributed by atoms with van der Waals surface area (Å²) in [7, 11) is 0. The zero-order valence-electron chi connectivity index (χ0n) is 10.0. The second-order valence-electron chi connectivity index (χ2n) is 4.50. The van der Waals surface area contributed by atoms with Crippen molar-refractivity contribution in [3.8, 4) is 0 Å². The topological polar surface area (TPSA) is 46.3 Å². The number of carbonyl (C=O) groups excluding carboxylic acids is 1. The van der Waals surface area contributed by atoms with Gasteiger partial charge in [-0.2, -0.15) is 0 Å². The maximum atomic E-state index is 13.4. The highest BCUT2D eigenvalue weighted by Crippen LogP contribution is 2.19. The van der Waals surface area contributed by atoms with Gasteiger partial charge in [-0.15, -0.1) is 0 Å². The molecule has 1 aliphatic heterocycles. The van der Waals surface area contributed by atoms with Gasteiger partial charge in [0.05, 0.1) is 6.42 Å². The SMILES string of the molecule is NCC1CCCN1C(=O)Cc1c(F)cccc1F. The Morgan fingerprint density at radius 3 is 2.67 bits per heavy atom. The molecule has 1 heterocycles. The van der Waals surface area contributed by atoms with E-state index in [0.29, 0.717) is 13.1 Å². The van der Waals surface area contributed by atoms with Crippen LogP contribution >= 0.6 is 0 Å². The summed E-state index contributed by atoms with van der Waals surface area (Å²) in [6.45, 7) is 1.02. The van der Waals surface area contributed by atoms with E-state index >= 15 is 0 Å². The minimum Gasteiger partial charge on any atom is -0.338 e. The highest BCUT2D eigenvalue weighted by atomic mass is 19.1. The van der Waals surface area contributed by atoms with Crippen LogP contribution < -0.4 is 5.73 Å². The number of benzene rings is 1. The Morgan fingerprint density at radius 2 is 2.06 bits per heavy atom. The Hall–Kier alpha value is -1.49. The fraction of sp³-hybridized carbons (Fsp3) is 0.462. The van der Waals surface area contributed by atoms with Crippen LogP contribution in [0.5, 0.6) is 0 Å². The molecule has 2 N–H and O–H groups in total. The number of carbonyl (C=O) groups is 1. The third-order valence-corrected chi connectivity index (χ3v) is 3.36. The van der Waals surface area contributed by atoms with Crippen LogP contribution in [0.4, 0.5) is 8.78 Å². The van der Waals surface area contributed by atoms with E-state index in [4.69, 9.17) is 5.73 Å². The van der Waals surface area contributed by atoms with Gasteiger partial charge in [-0.3, -0.25) is 4.79 Å². The van der Waals surface area contributed by atoms with Gasteiger partial charge in [0, 0.05) is 24.7 Å². The van der Waals surface area contributed by atoms with Crippen molar-refractivity contribution in [1.82, 2.24) is 4.90 Å². The Labute approximate surface area is 105 Å². The molecular formula is C13H16F2N2O. The maximum absolute atomic E-state index is 13.4. The van der Waals surface area contributed by atoms with Crippen molar-refractivity contribution in [3.63, 3.8) is 0 Å². The molecule has 1 aromatic rings. The van der Waals surface area contributed by atoms with E-state index in [0.717, 1.165) is 25.0 Å². The van der Waals surface area contributed by atoms with Crippen LogP contribution in [0.2, 0.25) is 0 Å². The van der Waals surface area contributed by atoms with Gasteiger partial charge < -0.3 is 10.6 Å². The van der Waals surface area contributed by atoms with Gasteiger partial charge in [-0.1, -0.05) is 6.07 Å². The average molecular weight is 254 g/mol. The molecule has 1 atom stereocenters. The largest absolute Gasteiger partial charge is 0.338 e. The summed E-state index contributed by atoms with van der Waals surface area (Å²) in [5.74, 6) is -1.61. The summed E-state index contributed by atoms with van der Waals surface area (Å²) in [6.07, 6.45) is 1.52. The summed E-state index contributed by atoms with van der Waals surface area (Å²) in [5.41, 5.74) is 5.41. The number of halogens is 2. The van der Waals surface area contributed by atoms with Crippen molar-refractivity contribution in [3.05, 3.63) is 35.4 Å². The first-order chi connectivity index (χ1) is 8.63. The van der Waals surface area contributed by atoms with Gasteiger partial charge in [0.15, 0.2) is 0 Å². The Balaban J connectivity index is 2.12. The second kappa shape index (κ2) is 5.44. The standard InChI is InChI=1S/C13H16F2N2O/c14-11-4-1-5-12(15)10(11)7-13(18)17-6-2-3-9(17)8-16/h1,4-5,9H,2-3,6-8,16H2. The number of hydrogen-bond acceptors (Lipinski definition) is 2. The number of hydrogen-bond donors (Lipinski definition) is 1. The molecule has 0 aliphatic carbocycles. The average Bonchev–Trinajstić information content (AvgIpc) is 2.82. The molecule has 1 fully saturated rings. The summed E-state index contributed by atoms with van der Waals surface area (Å²) in [5, 5.41) is 0. The lowest BCUT2D eigenvalue weighted by Crippen LogP contribution is -2.40. The van der Waals surface area contributed by atoms with Crippen molar-refractivity contribution < 1.29 is 13.6 Å². The highest BCUT2D eigenvalue weighted by molar-refractivity contribution is 5.79. The molecule has 1 unspecified atom stereocenters. The fourth-order valence-electron chi connectivity index (χ4n) is 2.36. The predicted molar refractivity (Wildman–Crippen MR) is 63.9 cm³/mol. The molecule has 1 amide bonds. The molecule has 1 aliphatic rings. The first kappa shape index (κ1) is 13.0. The highest BCUT2D eigenvalue weighted by Gasteiger charge is 2.28. The first-order valence-corrected chi connectivity index (χ1v) is 6.06. The van der Waals surface area contributed by atoms with E-state index in [9.17, 15) is 13.6 Å². The van der Waals surface area contributed by atoms with Crippen LogP contribution in [0.3, 0.4) is 0 Å². The Kier molecular flexibility index (Phi) is 3.91. The van der Waals surface area contributed by atoms with Gasteiger partial charge in [-0.05, 0) is 25.0 Å². The summed E-state index contributed by atoms with van der Waals surface area (Å²) >= 11 is 0. The first-order valence-electron chi connectivity index (χ1n) is 6.06. The van der Waals surface area contributed by atoms with Gasteiger partial charge in [-0.25, -0.2) is 8.78 Å². The van der Waals surface area contributed by atoms with E-state index in [-0.39, 0.29) is 23.9 Å². The molecular weight excluding hydrogens is 238 g/mol. The number of likely N-dealkylation sites (tertiary alicyclic amines) is 1. The summed E-state index contributed by atoms with van der Waals surface area (Å²) in [4.78, 5) is 13.7. The normalized spacial score (nSPS) is 19.3. The van der Waals surface area contributed by atoms with Crippen molar-refractivity contribution in [2.75, 3.05) is 13.1 Å². The molecule has 1 aromatic carbocycles. The fourth-order valence-corrected chi connectivity index (χ4v) is 2.36. The summed E-state index contributed by atoms with van der Waals surface area (Å²) < 4.78 is 26.9. The molecule has 0 radical (unpaired) electrons. The molecule has 0 aromatic heterocycles. The third-order valence-electron chi connectivity index (χ3n) is 3.36. The van der Waals surface area contributed by atoms with Crippen molar-refractivity contribution >= 4 is 5.91 Å². The van der Waals surface area contributed by atoms with E-state index < -0.39 is 11.6 Å². The van der Waals surface area contributed by atoms with Crippen LogP contribution in [0.15, 0.2) is 18.2 Å². The Morgan fingerprint density at radius 1 is 1.39 bits per heavy atom. The number of rotatable bonds is 3. The van der Waals surface area contributed by atoms with E-state index in [1.54, 1.807) is 4.90 Å². The predicted octanol–water partition coefficient (Wildman–Crippen LogP) is 1.46. The lowest BCUT2D eigenvalue weighted by atomic mass is 10.1. The minimum atomic E-state index is -0.674. The minimum absolute atomic E-state index is 0.00679. The zero-order chi connectivity index (χ0) is 13.1. The van der Waals surface area contributed by atoms with Gasteiger partial charge in [0.25, 0.3) is 0 Å². The van der Waals surface area contributed by atoms with Crippen molar-refractivity contribution in [1.29, 1.82) is 0 Å². The van der Waals surface area contributed by atoms with Crippen LogP contribution in [0.25, 0.3) is 0 Å². The molecule has 0 spiro atoms. The monoisotopic (exact) mass is 254 g/mol. The van der Waals surface area contributed by atoms with E-state index in [2.05, 4.69) is 0 Å². The Bertz CT molecular complexity index is 430. The number of amides is 1. The number of nitrogens with zero attached hydrogens (tertiary/aromatic N) is 1. The maximum Gasteiger partial charge on any atom is 0.227 e. The molecule has 0 bridgehead atoms. The van der Waals surface area contributed by atoms with Gasteiger partial charge in [0.1, 0.15) is 11.6 Å². The van der Waals surface area contributed by atoms with Crippen LogP contribution in [-0.2, 0) is 11.2 Å². The zero-order valence-corrected chi connectivity index (χ0v) is 10.0. The second-order valence-corrected chi connectivity index (χ2v) is 4.50. The lowest BCUT2D eigenvalue weighted by molar-refractivity contribution is -0.131. The lowest BCUT2D eigenvalue weighted by Gasteiger charge is -2.23. The quantitative estimate of drug-likeness (QED) is 0.887. The van der Waals surface area contributed by atoms with Crippen molar-refractivity contribution in [2.24, 2.45) is 5.73 Å². The number of nitrogens with two attached hydrogens (primary N) is 1. The van der Waals surface area contributed by atoms with Gasteiger partial charge >= 0.3 is 0 Å². The molecule has 2 rings (SSSR count). The van der Waals surface area contributed by atoms with Crippen LogP contribution in [0, 0.1) is 11.6 Å². The molecule has 5 heteroatoms.